The Balaban J connectivity index is 2.13. The van der Waals surface area contributed by atoms with Crippen molar-refractivity contribution in [2.24, 2.45) is 0 Å². The number of nitrogens with one attached hydrogen (secondary N) is 1. The molecule has 1 N–H and O–H groups in total. The molecular formula is C14H12BrClFN. The molecule has 0 aliphatic heterocycles. The summed E-state index contributed by atoms with van der Waals surface area (Å²) >= 11 is 9.48. The lowest BCUT2D eigenvalue weighted by Crippen LogP contribution is -2.02. The smallest absolute Gasteiger partial charge is 0.125 e. The van der Waals surface area contributed by atoms with Crippen molar-refractivity contribution in [1.82, 2.24) is 0 Å². The van der Waals surface area contributed by atoms with Crippen molar-refractivity contribution < 1.29 is 4.39 Å². The second-order valence-electron chi connectivity index (χ2n) is 4.05. The lowest BCUT2D eigenvalue weighted by atomic mass is 10.1. The normalized spacial score (nSPS) is 10.4. The van der Waals surface area contributed by atoms with Gasteiger partial charge in [-0.2, -0.15) is 0 Å². The van der Waals surface area contributed by atoms with Gasteiger partial charge in [-0.1, -0.05) is 39.7 Å². The number of benzene rings is 2. The molecule has 0 aromatic heterocycles. The van der Waals surface area contributed by atoms with E-state index in [9.17, 15) is 4.39 Å². The van der Waals surface area contributed by atoms with Gasteiger partial charge < -0.3 is 5.32 Å². The number of hydrogen-bond acceptors (Lipinski definition) is 1. The van der Waals surface area contributed by atoms with E-state index < -0.39 is 0 Å². The van der Waals surface area contributed by atoms with Gasteiger partial charge in [-0.15, -0.1) is 0 Å². The first-order chi connectivity index (χ1) is 8.56. The van der Waals surface area contributed by atoms with Crippen LogP contribution in [0.2, 0.25) is 5.02 Å². The Morgan fingerprint density at radius 3 is 2.72 bits per heavy atom. The summed E-state index contributed by atoms with van der Waals surface area (Å²) < 4.78 is 14.1. The molecule has 0 unspecified atom stereocenters. The number of rotatable bonds is 3. The topological polar surface area (TPSA) is 12.0 Å². The first kappa shape index (κ1) is 13.4. The zero-order valence-electron chi connectivity index (χ0n) is 9.81. The molecule has 0 saturated carbocycles. The van der Waals surface area contributed by atoms with E-state index in [1.165, 1.54) is 12.1 Å². The maximum absolute atomic E-state index is 13.1. The Hall–Kier alpha value is -1.06. The maximum Gasteiger partial charge on any atom is 0.125 e. The van der Waals surface area contributed by atoms with Crippen LogP contribution in [0.25, 0.3) is 0 Å². The lowest BCUT2D eigenvalue weighted by Gasteiger charge is -2.11. The van der Waals surface area contributed by atoms with Crippen molar-refractivity contribution in [3.8, 4) is 0 Å². The average Bonchev–Trinajstić information content (AvgIpc) is 2.32. The maximum atomic E-state index is 13.1. The van der Waals surface area contributed by atoms with Gasteiger partial charge in [-0.25, -0.2) is 4.39 Å². The van der Waals surface area contributed by atoms with Crippen LogP contribution < -0.4 is 5.32 Å². The third-order valence-corrected chi connectivity index (χ3v) is 3.53. The molecule has 0 aliphatic rings. The van der Waals surface area contributed by atoms with E-state index in [1.807, 2.05) is 25.1 Å². The molecule has 18 heavy (non-hydrogen) atoms. The Morgan fingerprint density at radius 2 is 2.00 bits per heavy atom. The second-order valence-corrected chi connectivity index (χ2v) is 5.37. The lowest BCUT2D eigenvalue weighted by molar-refractivity contribution is 0.628. The third kappa shape index (κ3) is 3.24. The van der Waals surface area contributed by atoms with Crippen molar-refractivity contribution in [2.45, 2.75) is 13.5 Å². The summed E-state index contributed by atoms with van der Waals surface area (Å²) in [4.78, 5) is 0. The Bertz CT molecular complexity index is 572. The highest BCUT2D eigenvalue weighted by atomic mass is 79.9. The molecule has 0 fully saturated rings. The van der Waals surface area contributed by atoms with E-state index in [-0.39, 0.29) is 5.82 Å². The van der Waals surface area contributed by atoms with E-state index in [1.54, 1.807) is 6.07 Å². The molecule has 0 radical (unpaired) electrons. The predicted molar refractivity (Wildman–Crippen MR) is 77.6 cm³/mol. The fraction of sp³-hybridized carbons (Fsp3) is 0.143. The van der Waals surface area contributed by atoms with E-state index in [2.05, 4.69) is 21.2 Å². The molecule has 0 atom stereocenters. The minimum atomic E-state index is -0.245. The quantitative estimate of drug-likeness (QED) is 0.820. The Morgan fingerprint density at radius 1 is 1.22 bits per heavy atom. The number of anilines is 1. The van der Waals surface area contributed by atoms with Gasteiger partial charge in [0, 0.05) is 21.7 Å². The highest BCUT2D eigenvalue weighted by molar-refractivity contribution is 9.10. The molecule has 0 amide bonds. The molecule has 1 nitrogen and oxygen atoms in total. The van der Waals surface area contributed by atoms with Gasteiger partial charge in [0.15, 0.2) is 0 Å². The monoisotopic (exact) mass is 327 g/mol. The van der Waals surface area contributed by atoms with Crippen molar-refractivity contribution in [1.29, 1.82) is 0 Å². The molecule has 2 rings (SSSR count). The molecule has 4 heteroatoms. The first-order valence-electron chi connectivity index (χ1n) is 5.50. The summed E-state index contributed by atoms with van der Waals surface area (Å²) in [7, 11) is 0. The zero-order chi connectivity index (χ0) is 13.1. The molecule has 0 spiro atoms. The molecular weight excluding hydrogens is 317 g/mol. The fourth-order valence-electron chi connectivity index (χ4n) is 1.64. The van der Waals surface area contributed by atoms with Crippen LogP contribution in [0.3, 0.4) is 0 Å². The largest absolute Gasteiger partial charge is 0.381 e. The summed E-state index contributed by atoms with van der Waals surface area (Å²) in [6.45, 7) is 2.50. The number of hydrogen-bond donors (Lipinski definition) is 1. The summed E-state index contributed by atoms with van der Waals surface area (Å²) in [5.41, 5.74) is 2.77. The highest BCUT2D eigenvalue weighted by Gasteiger charge is 2.03. The zero-order valence-corrected chi connectivity index (χ0v) is 12.1. The van der Waals surface area contributed by atoms with Gasteiger partial charge in [0.1, 0.15) is 5.82 Å². The van der Waals surface area contributed by atoms with Crippen LogP contribution >= 0.6 is 27.5 Å². The molecule has 2 aromatic rings. The SMILES string of the molecule is Cc1ccc(F)cc1NCc1ccc(Br)cc1Cl. The molecule has 0 aliphatic carbocycles. The van der Waals surface area contributed by atoms with E-state index in [4.69, 9.17) is 11.6 Å². The molecule has 0 bridgehead atoms. The van der Waals surface area contributed by atoms with Crippen molar-refractivity contribution in [2.75, 3.05) is 5.32 Å². The van der Waals surface area contributed by atoms with Crippen molar-refractivity contribution >= 4 is 33.2 Å². The Kier molecular flexibility index (Phi) is 4.25. The van der Waals surface area contributed by atoms with Crippen LogP contribution in [-0.2, 0) is 6.54 Å². The number of halogens is 3. The van der Waals surface area contributed by atoms with Crippen LogP contribution in [0.4, 0.5) is 10.1 Å². The highest BCUT2D eigenvalue weighted by Crippen LogP contribution is 2.23. The predicted octanol–water partition coefficient (Wildman–Crippen LogP) is 5.16. The minimum Gasteiger partial charge on any atom is -0.381 e. The fourth-order valence-corrected chi connectivity index (χ4v) is 2.38. The van der Waals surface area contributed by atoms with Crippen molar-refractivity contribution in [3.05, 3.63) is 62.8 Å². The van der Waals surface area contributed by atoms with Crippen LogP contribution in [0.1, 0.15) is 11.1 Å². The molecule has 94 valence electrons. The van der Waals surface area contributed by atoms with E-state index in [0.29, 0.717) is 11.6 Å². The summed E-state index contributed by atoms with van der Waals surface area (Å²) in [5.74, 6) is -0.245. The van der Waals surface area contributed by atoms with Gasteiger partial charge in [0.25, 0.3) is 0 Å². The second kappa shape index (κ2) is 5.72. The first-order valence-corrected chi connectivity index (χ1v) is 6.67. The van der Waals surface area contributed by atoms with Gasteiger partial charge in [-0.3, -0.25) is 0 Å². The van der Waals surface area contributed by atoms with E-state index >= 15 is 0 Å². The van der Waals surface area contributed by atoms with Crippen LogP contribution in [-0.4, -0.2) is 0 Å². The van der Waals surface area contributed by atoms with Crippen LogP contribution in [0.5, 0.6) is 0 Å². The Labute approximate surface area is 119 Å². The van der Waals surface area contributed by atoms with Gasteiger partial charge >= 0.3 is 0 Å². The molecule has 0 saturated heterocycles. The minimum absolute atomic E-state index is 0.245. The van der Waals surface area contributed by atoms with Crippen LogP contribution in [0.15, 0.2) is 40.9 Å². The molecule has 0 heterocycles. The van der Waals surface area contributed by atoms with E-state index in [0.717, 1.165) is 21.3 Å². The average molecular weight is 329 g/mol. The summed E-state index contributed by atoms with van der Waals surface area (Å²) in [5, 5.41) is 3.88. The van der Waals surface area contributed by atoms with Gasteiger partial charge in [0.05, 0.1) is 0 Å². The van der Waals surface area contributed by atoms with Crippen LogP contribution in [0, 0.1) is 12.7 Å². The summed E-state index contributed by atoms with van der Waals surface area (Å²) in [6.07, 6.45) is 0. The third-order valence-electron chi connectivity index (χ3n) is 2.68. The molecule has 2 aromatic carbocycles. The van der Waals surface area contributed by atoms with Crippen molar-refractivity contribution in [3.63, 3.8) is 0 Å². The standard InChI is InChI=1S/C14H12BrClFN/c1-9-2-5-12(17)7-14(9)18-8-10-3-4-11(15)6-13(10)16/h2-7,18H,8H2,1H3. The van der Waals surface area contributed by atoms with Gasteiger partial charge in [-0.05, 0) is 42.3 Å². The summed E-state index contributed by atoms with van der Waals surface area (Å²) in [6, 6.07) is 10.4. The van der Waals surface area contributed by atoms with Gasteiger partial charge in [0.2, 0.25) is 0 Å². The number of aryl methyl sites for hydroxylation is 1.